The monoisotopic (exact) mass is 247 g/mol. The topological polar surface area (TPSA) is 61.0 Å². The molecule has 1 aliphatic carbocycles. The summed E-state index contributed by atoms with van der Waals surface area (Å²) in [5, 5.41) is 0. The van der Waals surface area contributed by atoms with Crippen molar-refractivity contribution >= 4 is 0 Å². The predicted octanol–water partition coefficient (Wildman–Crippen LogP) is 2.13. The van der Waals surface area contributed by atoms with E-state index in [1.165, 1.54) is 19.3 Å². The fourth-order valence-corrected chi connectivity index (χ4v) is 3.08. The van der Waals surface area contributed by atoms with Gasteiger partial charge in [-0.2, -0.15) is 0 Å². The van der Waals surface area contributed by atoms with Gasteiger partial charge in [-0.15, -0.1) is 0 Å². The second-order valence-electron chi connectivity index (χ2n) is 5.78. The smallest absolute Gasteiger partial charge is 0.145 e. The molecule has 4 heteroatoms. The molecule has 0 amide bonds. The van der Waals surface area contributed by atoms with E-state index in [4.69, 9.17) is 10.5 Å². The molecule has 98 valence electrons. The van der Waals surface area contributed by atoms with Gasteiger partial charge in [0.05, 0.1) is 11.6 Å². The van der Waals surface area contributed by atoms with Crippen LogP contribution < -0.4 is 5.73 Å². The van der Waals surface area contributed by atoms with E-state index >= 15 is 0 Å². The molecule has 2 atom stereocenters. The van der Waals surface area contributed by atoms with Crippen LogP contribution in [0.1, 0.15) is 49.5 Å². The van der Waals surface area contributed by atoms with E-state index in [-0.39, 0.29) is 11.6 Å². The lowest BCUT2D eigenvalue weighted by Gasteiger charge is -2.48. The summed E-state index contributed by atoms with van der Waals surface area (Å²) < 4.78 is 5.94. The molecule has 0 radical (unpaired) electrons. The Labute approximate surface area is 108 Å². The maximum absolute atomic E-state index is 6.34. The second-order valence-corrected chi connectivity index (χ2v) is 5.78. The first-order valence-corrected chi connectivity index (χ1v) is 6.87. The molecule has 1 saturated carbocycles. The fraction of sp³-hybridized carbons (Fsp3) is 0.714. The molecule has 2 heterocycles. The van der Waals surface area contributed by atoms with Crippen LogP contribution in [0.15, 0.2) is 12.4 Å². The summed E-state index contributed by atoms with van der Waals surface area (Å²) in [6.07, 6.45) is 9.49. The van der Waals surface area contributed by atoms with Crippen molar-refractivity contribution in [3.63, 3.8) is 0 Å². The van der Waals surface area contributed by atoms with Crippen molar-refractivity contribution in [1.82, 2.24) is 9.97 Å². The van der Waals surface area contributed by atoms with E-state index in [1.54, 1.807) is 0 Å². The van der Waals surface area contributed by atoms with E-state index in [0.29, 0.717) is 5.92 Å². The highest BCUT2D eigenvalue weighted by Gasteiger charge is 2.44. The maximum atomic E-state index is 6.34. The average Bonchev–Trinajstić information content (AvgIpc) is 2.37. The Morgan fingerprint density at radius 3 is 2.72 bits per heavy atom. The van der Waals surface area contributed by atoms with Gasteiger partial charge in [0.25, 0.3) is 0 Å². The SMILES string of the molecule is Cc1cnc(C(N)C2CCOC3(CCC3)C2)nc1. The summed E-state index contributed by atoms with van der Waals surface area (Å²) in [5.74, 6) is 1.24. The Morgan fingerprint density at radius 1 is 1.39 bits per heavy atom. The lowest BCUT2D eigenvalue weighted by atomic mass is 9.70. The number of aromatic nitrogens is 2. The minimum atomic E-state index is -0.0491. The summed E-state index contributed by atoms with van der Waals surface area (Å²) in [5.41, 5.74) is 7.56. The molecular formula is C14H21N3O. The van der Waals surface area contributed by atoms with Gasteiger partial charge in [-0.1, -0.05) is 0 Å². The molecule has 1 aliphatic heterocycles. The maximum Gasteiger partial charge on any atom is 0.145 e. The fourth-order valence-electron chi connectivity index (χ4n) is 3.08. The van der Waals surface area contributed by atoms with E-state index in [9.17, 15) is 0 Å². The number of nitrogens with two attached hydrogens (primary N) is 1. The molecule has 4 nitrogen and oxygen atoms in total. The van der Waals surface area contributed by atoms with Crippen LogP contribution in [0.2, 0.25) is 0 Å². The molecule has 1 spiro atoms. The van der Waals surface area contributed by atoms with Gasteiger partial charge in [-0.05, 0) is 50.5 Å². The average molecular weight is 247 g/mol. The zero-order chi connectivity index (χ0) is 12.6. The van der Waals surface area contributed by atoms with Crippen LogP contribution in [0.5, 0.6) is 0 Å². The number of hydrogen-bond donors (Lipinski definition) is 1. The summed E-state index contributed by atoms with van der Waals surface area (Å²) in [7, 11) is 0. The van der Waals surface area contributed by atoms with E-state index < -0.39 is 0 Å². The number of hydrogen-bond acceptors (Lipinski definition) is 4. The van der Waals surface area contributed by atoms with Crippen molar-refractivity contribution in [3.05, 3.63) is 23.8 Å². The second kappa shape index (κ2) is 4.59. The third-order valence-corrected chi connectivity index (χ3v) is 4.40. The van der Waals surface area contributed by atoms with Crippen LogP contribution in [0.4, 0.5) is 0 Å². The number of aryl methyl sites for hydroxylation is 1. The summed E-state index contributed by atoms with van der Waals surface area (Å²) >= 11 is 0. The van der Waals surface area contributed by atoms with Gasteiger partial charge in [-0.25, -0.2) is 9.97 Å². The lowest BCUT2D eigenvalue weighted by Crippen LogP contribution is -2.47. The molecule has 1 aromatic heterocycles. The summed E-state index contributed by atoms with van der Waals surface area (Å²) in [4.78, 5) is 8.74. The molecule has 0 bridgehead atoms. The lowest BCUT2D eigenvalue weighted by molar-refractivity contribution is -0.146. The summed E-state index contributed by atoms with van der Waals surface area (Å²) in [6, 6.07) is -0.0491. The van der Waals surface area contributed by atoms with Gasteiger partial charge in [0.2, 0.25) is 0 Å². The van der Waals surface area contributed by atoms with Crippen molar-refractivity contribution in [2.75, 3.05) is 6.61 Å². The first-order chi connectivity index (χ1) is 8.69. The Bertz CT molecular complexity index is 414. The third-order valence-electron chi connectivity index (χ3n) is 4.40. The normalized spacial score (nSPS) is 27.8. The first kappa shape index (κ1) is 12.1. The zero-order valence-corrected chi connectivity index (χ0v) is 10.9. The van der Waals surface area contributed by atoms with Crippen LogP contribution in [-0.4, -0.2) is 22.2 Å². The van der Waals surface area contributed by atoms with E-state index in [0.717, 1.165) is 30.8 Å². The van der Waals surface area contributed by atoms with Gasteiger partial charge in [0.1, 0.15) is 5.82 Å². The zero-order valence-electron chi connectivity index (χ0n) is 10.9. The van der Waals surface area contributed by atoms with Crippen LogP contribution in [0.25, 0.3) is 0 Å². The highest BCUT2D eigenvalue weighted by Crippen LogP contribution is 2.46. The highest BCUT2D eigenvalue weighted by molar-refractivity contribution is 5.06. The molecule has 18 heavy (non-hydrogen) atoms. The highest BCUT2D eigenvalue weighted by atomic mass is 16.5. The minimum Gasteiger partial charge on any atom is -0.375 e. The molecule has 2 fully saturated rings. The van der Waals surface area contributed by atoms with Gasteiger partial charge >= 0.3 is 0 Å². The van der Waals surface area contributed by atoms with Crippen molar-refractivity contribution in [3.8, 4) is 0 Å². The van der Waals surface area contributed by atoms with Crippen LogP contribution in [-0.2, 0) is 4.74 Å². The molecule has 1 saturated heterocycles. The van der Waals surface area contributed by atoms with E-state index in [1.807, 2.05) is 19.3 Å². The Hall–Kier alpha value is -1.00. The van der Waals surface area contributed by atoms with Gasteiger partial charge in [0, 0.05) is 19.0 Å². The molecular weight excluding hydrogens is 226 g/mol. The molecule has 0 aromatic carbocycles. The predicted molar refractivity (Wildman–Crippen MR) is 69.0 cm³/mol. The summed E-state index contributed by atoms with van der Waals surface area (Å²) in [6.45, 7) is 2.83. The van der Waals surface area contributed by atoms with Crippen molar-refractivity contribution < 1.29 is 4.74 Å². The van der Waals surface area contributed by atoms with E-state index in [2.05, 4.69) is 9.97 Å². The van der Waals surface area contributed by atoms with Crippen LogP contribution in [0, 0.1) is 12.8 Å². The third kappa shape index (κ3) is 2.15. The molecule has 3 rings (SSSR count). The molecule has 2 unspecified atom stereocenters. The van der Waals surface area contributed by atoms with Gasteiger partial charge in [-0.3, -0.25) is 0 Å². The first-order valence-electron chi connectivity index (χ1n) is 6.87. The van der Waals surface area contributed by atoms with Crippen LogP contribution >= 0.6 is 0 Å². The van der Waals surface area contributed by atoms with Gasteiger partial charge < -0.3 is 10.5 Å². The van der Waals surface area contributed by atoms with Crippen molar-refractivity contribution in [2.24, 2.45) is 11.7 Å². The molecule has 2 aliphatic rings. The largest absolute Gasteiger partial charge is 0.375 e. The molecule has 2 N–H and O–H groups in total. The number of rotatable bonds is 2. The Kier molecular flexibility index (Phi) is 3.08. The standard InChI is InChI=1S/C14H21N3O/c1-10-8-16-13(17-9-10)12(15)11-3-6-18-14(7-11)4-2-5-14/h8-9,11-12H,2-7,15H2,1H3. The van der Waals surface area contributed by atoms with Crippen molar-refractivity contribution in [1.29, 1.82) is 0 Å². The van der Waals surface area contributed by atoms with Gasteiger partial charge in [0.15, 0.2) is 0 Å². The minimum absolute atomic E-state index is 0.0491. The Balaban J connectivity index is 1.71. The quantitative estimate of drug-likeness (QED) is 0.869. The van der Waals surface area contributed by atoms with Crippen LogP contribution in [0.3, 0.4) is 0 Å². The molecule has 1 aromatic rings. The van der Waals surface area contributed by atoms with Crippen molar-refractivity contribution in [2.45, 2.75) is 50.7 Å². The Morgan fingerprint density at radius 2 is 2.11 bits per heavy atom. The number of ether oxygens (including phenoxy) is 1. The number of nitrogens with zero attached hydrogens (tertiary/aromatic N) is 2.